The van der Waals surface area contributed by atoms with Crippen molar-refractivity contribution >= 4 is 5.91 Å². The van der Waals surface area contributed by atoms with Crippen LogP contribution in [-0.4, -0.2) is 73.9 Å². The molecule has 0 aromatic rings. The van der Waals surface area contributed by atoms with Crippen molar-refractivity contribution in [3.63, 3.8) is 0 Å². The Morgan fingerprint density at radius 1 is 1.31 bits per heavy atom. The lowest BCUT2D eigenvalue weighted by molar-refractivity contribution is -0.132. The zero-order chi connectivity index (χ0) is 11.8. The zero-order valence-electron chi connectivity index (χ0n) is 10.0. The minimum Gasteiger partial charge on any atom is -0.395 e. The number of amides is 1. The third-order valence-electron chi connectivity index (χ3n) is 2.88. The standard InChI is InChI=1S/C11H22N2O3/c1-16-10-3-11(15)13-5-2-4-12(6-7-13)8-9-14/h14H,2-10H2,1H3. The Balaban J connectivity index is 2.31. The van der Waals surface area contributed by atoms with Gasteiger partial charge in [-0.15, -0.1) is 0 Å². The van der Waals surface area contributed by atoms with Crippen LogP contribution in [0.5, 0.6) is 0 Å². The molecule has 0 saturated carbocycles. The summed E-state index contributed by atoms with van der Waals surface area (Å²) in [6.07, 6.45) is 1.45. The largest absolute Gasteiger partial charge is 0.395 e. The predicted octanol–water partition coefficient (Wildman–Crippen LogP) is -0.450. The molecule has 5 nitrogen and oxygen atoms in total. The van der Waals surface area contributed by atoms with Crippen molar-refractivity contribution in [2.24, 2.45) is 0 Å². The number of hydrogen-bond donors (Lipinski definition) is 1. The summed E-state index contributed by atoms with van der Waals surface area (Å²) in [5.74, 6) is 0.174. The molecule has 1 heterocycles. The van der Waals surface area contributed by atoms with Crippen LogP contribution in [0.25, 0.3) is 0 Å². The summed E-state index contributed by atoms with van der Waals surface area (Å²) in [4.78, 5) is 15.8. The Morgan fingerprint density at radius 3 is 2.81 bits per heavy atom. The van der Waals surface area contributed by atoms with E-state index in [4.69, 9.17) is 9.84 Å². The fraction of sp³-hybridized carbons (Fsp3) is 0.909. The number of ether oxygens (including phenoxy) is 1. The van der Waals surface area contributed by atoms with E-state index in [9.17, 15) is 4.79 Å². The fourth-order valence-electron chi connectivity index (χ4n) is 1.93. The van der Waals surface area contributed by atoms with Crippen LogP contribution >= 0.6 is 0 Å². The molecule has 1 N–H and O–H groups in total. The van der Waals surface area contributed by atoms with Crippen molar-refractivity contribution in [3.8, 4) is 0 Å². The van der Waals surface area contributed by atoms with E-state index in [1.54, 1.807) is 7.11 Å². The van der Waals surface area contributed by atoms with Crippen LogP contribution in [0.1, 0.15) is 12.8 Å². The van der Waals surface area contributed by atoms with Gasteiger partial charge in [0.05, 0.1) is 19.6 Å². The summed E-state index contributed by atoms with van der Waals surface area (Å²) in [6.45, 7) is 4.81. The van der Waals surface area contributed by atoms with Crippen molar-refractivity contribution in [3.05, 3.63) is 0 Å². The van der Waals surface area contributed by atoms with Crippen LogP contribution in [0.3, 0.4) is 0 Å². The van der Waals surface area contributed by atoms with Gasteiger partial charge in [0.15, 0.2) is 0 Å². The first-order valence-corrected chi connectivity index (χ1v) is 5.88. The van der Waals surface area contributed by atoms with Gasteiger partial charge in [0.25, 0.3) is 0 Å². The number of rotatable bonds is 5. The highest BCUT2D eigenvalue weighted by atomic mass is 16.5. The van der Waals surface area contributed by atoms with Gasteiger partial charge < -0.3 is 14.7 Å². The lowest BCUT2D eigenvalue weighted by Gasteiger charge is -2.21. The van der Waals surface area contributed by atoms with Gasteiger partial charge in [0.1, 0.15) is 0 Å². The molecule has 0 aromatic heterocycles. The molecule has 1 saturated heterocycles. The first-order chi connectivity index (χ1) is 7.77. The minimum atomic E-state index is 0.174. The highest BCUT2D eigenvalue weighted by molar-refractivity contribution is 5.76. The minimum absolute atomic E-state index is 0.174. The Labute approximate surface area is 97.0 Å². The molecular weight excluding hydrogens is 208 g/mol. The van der Waals surface area contributed by atoms with E-state index in [-0.39, 0.29) is 12.5 Å². The molecule has 1 fully saturated rings. The Hall–Kier alpha value is -0.650. The number of hydrogen-bond acceptors (Lipinski definition) is 4. The van der Waals surface area contributed by atoms with Crippen LogP contribution in [0.15, 0.2) is 0 Å². The van der Waals surface area contributed by atoms with Crippen LogP contribution in [0.4, 0.5) is 0 Å². The summed E-state index contributed by atoms with van der Waals surface area (Å²) in [5.41, 5.74) is 0. The van der Waals surface area contributed by atoms with Gasteiger partial charge in [-0.1, -0.05) is 0 Å². The molecular formula is C11H22N2O3. The Bertz CT molecular complexity index is 211. The number of nitrogens with zero attached hydrogens (tertiary/aromatic N) is 2. The first kappa shape index (κ1) is 13.4. The monoisotopic (exact) mass is 230 g/mol. The third kappa shape index (κ3) is 4.47. The molecule has 1 rings (SSSR count). The molecule has 1 aliphatic heterocycles. The van der Waals surface area contributed by atoms with Gasteiger partial charge in [-0.2, -0.15) is 0 Å². The van der Waals surface area contributed by atoms with Crippen molar-refractivity contribution in [2.45, 2.75) is 12.8 Å². The Kier molecular flexibility index (Phi) is 6.37. The predicted molar refractivity (Wildman–Crippen MR) is 61.2 cm³/mol. The number of methoxy groups -OCH3 is 1. The number of aliphatic hydroxyl groups is 1. The molecule has 0 atom stereocenters. The lowest BCUT2D eigenvalue weighted by Crippen LogP contribution is -2.36. The summed E-state index contributed by atoms with van der Waals surface area (Å²) < 4.78 is 4.90. The summed E-state index contributed by atoms with van der Waals surface area (Å²) >= 11 is 0. The van der Waals surface area contributed by atoms with Gasteiger partial charge in [-0.3, -0.25) is 9.69 Å². The van der Waals surface area contributed by atoms with Gasteiger partial charge in [0.2, 0.25) is 5.91 Å². The first-order valence-electron chi connectivity index (χ1n) is 5.88. The number of β-amino-alcohol motifs (C(OH)–C–C–N with tert-alkyl or cyclic N) is 1. The second kappa shape index (κ2) is 7.60. The van der Waals surface area contributed by atoms with Crippen molar-refractivity contribution in [1.82, 2.24) is 9.80 Å². The average Bonchev–Trinajstić information content (AvgIpc) is 2.52. The van der Waals surface area contributed by atoms with Crippen LogP contribution in [0.2, 0.25) is 0 Å². The third-order valence-corrected chi connectivity index (χ3v) is 2.88. The molecule has 0 aromatic carbocycles. The normalized spacial score (nSPS) is 18.5. The van der Waals surface area contributed by atoms with E-state index in [1.807, 2.05) is 4.90 Å². The van der Waals surface area contributed by atoms with E-state index in [2.05, 4.69) is 4.90 Å². The highest BCUT2D eigenvalue weighted by Crippen LogP contribution is 2.04. The molecule has 94 valence electrons. The topological polar surface area (TPSA) is 53.0 Å². The van der Waals surface area contributed by atoms with E-state index in [1.165, 1.54) is 0 Å². The SMILES string of the molecule is COCCC(=O)N1CCCN(CCO)CC1. The van der Waals surface area contributed by atoms with Crippen LogP contribution in [0, 0.1) is 0 Å². The molecule has 5 heteroatoms. The smallest absolute Gasteiger partial charge is 0.224 e. The molecule has 1 amide bonds. The number of carbonyl (C=O) groups excluding carboxylic acids is 1. The number of carbonyl (C=O) groups is 1. The average molecular weight is 230 g/mol. The lowest BCUT2D eigenvalue weighted by atomic mass is 10.3. The van der Waals surface area contributed by atoms with Crippen LogP contribution in [-0.2, 0) is 9.53 Å². The van der Waals surface area contributed by atoms with Crippen LogP contribution < -0.4 is 0 Å². The summed E-state index contributed by atoms with van der Waals surface area (Å²) in [5, 5.41) is 8.86. The van der Waals surface area contributed by atoms with E-state index >= 15 is 0 Å². The molecule has 16 heavy (non-hydrogen) atoms. The fourth-order valence-corrected chi connectivity index (χ4v) is 1.93. The molecule has 0 spiro atoms. The van der Waals surface area contributed by atoms with Gasteiger partial charge in [-0.25, -0.2) is 0 Å². The van der Waals surface area contributed by atoms with E-state index in [0.29, 0.717) is 19.6 Å². The second-order valence-corrected chi connectivity index (χ2v) is 4.04. The zero-order valence-corrected chi connectivity index (χ0v) is 10.0. The van der Waals surface area contributed by atoms with E-state index < -0.39 is 0 Å². The highest BCUT2D eigenvalue weighted by Gasteiger charge is 2.18. The second-order valence-electron chi connectivity index (χ2n) is 4.04. The van der Waals surface area contributed by atoms with Crippen molar-refractivity contribution in [1.29, 1.82) is 0 Å². The van der Waals surface area contributed by atoms with Gasteiger partial charge in [0, 0.05) is 33.3 Å². The molecule has 0 aliphatic carbocycles. The van der Waals surface area contributed by atoms with E-state index in [0.717, 1.165) is 32.6 Å². The Morgan fingerprint density at radius 2 is 2.12 bits per heavy atom. The van der Waals surface area contributed by atoms with Crippen molar-refractivity contribution < 1.29 is 14.6 Å². The maximum atomic E-state index is 11.8. The van der Waals surface area contributed by atoms with Crippen molar-refractivity contribution in [2.75, 3.05) is 53.0 Å². The van der Waals surface area contributed by atoms with Gasteiger partial charge >= 0.3 is 0 Å². The maximum Gasteiger partial charge on any atom is 0.224 e. The van der Waals surface area contributed by atoms with Gasteiger partial charge in [-0.05, 0) is 13.0 Å². The number of aliphatic hydroxyl groups excluding tert-OH is 1. The molecule has 1 aliphatic rings. The molecule has 0 radical (unpaired) electrons. The summed E-state index contributed by atoms with van der Waals surface area (Å²) in [6, 6.07) is 0. The quantitative estimate of drug-likeness (QED) is 0.695. The summed E-state index contributed by atoms with van der Waals surface area (Å²) in [7, 11) is 1.61. The molecule has 0 bridgehead atoms. The maximum absolute atomic E-state index is 11.8. The molecule has 0 unspecified atom stereocenters.